The molecule has 0 unspecified atom stereocenters. The molecule has 1 aromatic rings. The highest BCUT2D eigenvalue weighted by molar-refractivity contribution is 7.92. The van der Waals surface area contributed by atoms with Gasteiger partial charge in [-0.3, -0.25) is 4.79 Å². The molecule has 0 bridgehead atoms. The zero-order valence-electron chi connectivity index (χ0n) is 12.0. The Morgan fingerprint density at radius 1 is 1.35 bits per heavy atom. The number of ether oxygens (including phenoxy) is 1. The minimum Gasteiger partial charge on any atom is -0.466 e. The lowest BCUT2D eigenvalue weighted by atomic mass is 10.2. The molecule has 1 rings (SSSR count). The van der Waals surface area contributed by atoms with Crippen molar-refractivity contribution in [1.82, 2.24) is 0 Å². The molecule has 0 fully saturated rings. The van der Waals surface area contributed by atoms with Gasteiger partial charge in [-0.2, -0.15) is 0 Å². The highest BCUT2D eigenvalue weighted by Gasteiger charge is 2.18. The summed E-state index contributed by atoms with van der Waals surface area (Å²) < 4.78 is 28.9. The summed E-state index contributed by atoms with van der Waals surface area (Å²) in [5.41, 5.74) is 0.746. The second kappa shape index (κ2) is 7.24. The van der Waals surface area contributed by atoms with Gasteiger partial charge in [0.15, 0.2) is 9.84 Å². The van der Waals surface area contributed by atoms with Crippen LogP contribution >= 0.6 is 0 Å². The van der Waals surface area contributed by atoms with E-state index in [0.717, 1.165) is 5.56 Å². The zero-order chi connectivity index (χ0) is 15.2. The number of sulfone groups is 1. The molecule has 0 saturated heterocycles. The molecule has 20 heavy (non-hydrogen) atoms. The van der Waals surface area contributed by atoms with E-state index >= 15 is 0 Å². The molecule has 0 aliphatic heterocycles. The van der Waals surface area contributed by atoms with Crippen LogP contribution in [0.1, 0.15) is 32.8 Å². The van der Waals surface area contributed by atoms with Crippen LogP contribution in [0.4, 0.5) is 0 Å². The number of hydrogen-bond donors (Lipinski definition) is 0. The lowest BCUT2D eigenvalue weighted by molar-refractivity contribution is -0.142. The molecule has 0 spiro atoms. The van der Waals surface area contributed by atoms with Crippen LogP contribution < -0.4 is 0 Å². The van der Waals surface area contributed by atoms with Crippen molar-refractivity contribution >= 4 is 21.9 Å². The zero-order valence-corrected chi connectivity index (χ0v) is 12.8. The van der Waals surface area contributed by atoms with Gasteiger partial charge in [0.05, 0.1) is 23.2 Å². The summed E-state index contributed by atoms with van der Waals surface area (Å²) >= 11 is 0. The lowest BCUT2D eigenvalue weighted by Crippen LogP contribution is -2.13. The van der Waals surface area contributed by atoms with Crippen molar-refractivity contribution in [3.05, 3.63) is 35.9 Å². The number of rotatable bonds is 6. The highest BCUT2D eigenvalue weighted by atomic mass is 32.2. The van der Waals surface area contributed by atoms with Gasteiger partial charge in [0.25, 0.3) is 0 Å². The predicted octanol–water partition coefficient (Wildman–Crippen LogP) is 2.84. The Balaban J connectivity index is 2.84. The smallest absolute Gasteiger partial charge is 0.309 e. The van der Waals surface area contributed by atoms with Gasteiger partial charge in [-0.1, -0.05) is 24.3 Å². The fraction of sp³-hybridized carbons (Fsp3) is 0.400. The maximum atomic E-state index is 12.1. The summed E-state index contributed by atoms with van der Waals surface area (Å²) in [6.45, 7) is 5.41. The fourth-order valence-electron chi connectivity index (χ4n) is 1.58. The molecule has 0 aromatic heterocycles. The third kappa shape index (κ3) is 4.49. The molecular weight excluding hydrogens is 276 g/mol. The standard InChI is InChI=1S/C15H20O4S/c1-4-19-15(16)10-6-8-13-7-5-9-14(11-13)20(17,18)12(2)3/h5-9,11-12H,4,10H2,1-3H3. The van der Waals surface area contributed by atoms with Gasteiger partial charge in [0.2, 0.25) is 0 Å². The van der Waals surface area contributed by atoms with E-state index in [1.165, 1.54) is 0 Å². The Morgan fingerprint density at radius 2 is 2.05 bits per heavy atom. The molecule has 4 nitrogen and oxygen atoms in total. The van der Waals surface area contributed by atoms with E-state index in [1.807, 2.05) is 0 Å². The van der Waals surface area contributed by atoms with E-state index < -0.39 is 15.1 Å². The first-order valence-corrected chi connectivity index (χ1v) is 8.08. The number of hydrogen-bond acceptors (Lipinski definition) is 4. The van der Waals surface area contributed by atoms with Crippen molar-refractivity contribution in [2.75, 3.05) is 6.61 Å². The maximum Gasteiger partial charge on any atom is 0.309 e. The quantitative estimate of drug-likeness (QED) is 0.757. The number of carbonyl (C=O) groups excluding carboxylic acids is 1. The highest BCUT2D eigenvalue weighted by Crippen LogP contribution is 2.18. The Morgan fingerprint density at radius 3 is 2.65 bits per heavy atom. The summed E-state index contributed by atoms with van der Waals surface area (Å²) in [6.07, 6.45) is 3.56. The summed E-state index contributed by atoms with van der Waals surface area (Å²) in [6, 6.07) is 6.68. The van der Waals surface area contributed by atoms with E-state index in [2.05, 4.69) is 0 Å². The minimum atomic E-state index is -3.27. The van der Waals surface area contributed by atoms with Gasteiger partial charge in [-0.25, -0.2) is 8.42 Å². The summed E-state index contributed by atoms with van der Waals surface area (Å²) in [5, 5.41) is -0.457. The van der Waals surface area contributed by atoms with Crippen LogP contribution in [0.15, 0.2) is 35.2 Å². The molecule has 0 aliphatic carbocycles. The normalized spacial score (nSPS) is 12.0. The maximum absolute atomic E-state index is 12.1. The first-order valence-electron chi connectivity index (χ1n) is 6.54. The van der Waals surface area contributed by atoms with Gasteiger partial charge in [-0.05, 0) is 38.5 Å². The average molecular weight is 296 g/mol. The van der Waals surface area contributed by atoms with Crippen LogP contribution in [-0.4, -0.2) is 26.2 Å². The van der Waals surface area contributed by atoms with Crippen molar-refractivity contribution in [3.63, 3.8) is 0 Å². The molecule has 0 saturated carbocycles. The molecule has 0 radical (unpaired) electrons. The van der Waals surface area contributed by atoms with Gasteiger partial charge >= 0.3 is 5.97 Å². The largest absolute Gasteiger partial charge is 0.466 e. The second-order valence-corrected chi connectivity index (χ2v) is 7.08. The molecular formula is C15H20O4S. The van der Waals surface area contributed by atoms with Crippen LogP contribution in [-0.2, 0) is 19.4 Å². The summed E-state index contributed by atoms with van der Waals surface area (Å²) in [7, 11) is -3.27. The summed E-state index contributed by atoms with van der Waals surface area (Å²) in [5.74, 6) is -0.297. The monoisotopic (exact) mass is 296 g/mol. The van der Waals surface area contributed by atoms with Crippen molar-refractivity contribution < 1.29 is 17.9 Å². The van der Waals surface area contributed by atoms with Gasteiger partial charge in [0, 0.05) is 0 Å². The van der Waals surface area contributed by atoms with Gasteiger partial charge in [0.1, 0.15) is 0 Å². The van der Waals surface area contributed by atoms with Crippen LogP contribution in [0.3, 0.4) is 0 Å². The van der Waals surface area contributed by atoms with E-state index in [4.69, 9.17) is 4.74 Å². The van der Waals surface area contributed by atoms with Crippen molar-refractivity contribution in [1.29, 1.82) is 0 Å². The SMILES string of the molecule is CCOC(=O)CC=Cc1cccc(S(=O)(=O)C(C)C)c1. The van der Waals surface area contributed by atoms with E-state index in [1.54, 1.807) is 57.2 Å². The molecule has 0 atom stereocenters. The Hall–Kier alpha value is -1.62. The van der Waals surface area contributed by atoms with Crippen LogP contribution in [0.2, 0.25) is 0 Å². The average Bonchev–Trinajstić information content (AvgIpc) is 2.39. The Bertz CT molecular complexity index is 586. The molecule has 1 aromatic carbocycles. The topological polar surface area (TPSA) is 60.4 Å². The molecule has 110 valence electrons. The van der Waals surface area contributed by atoms with Crippen LogP contribution in [0.5, 0.6) is 0 Å². The Kier molecular flexibility index (Phi) is 5.95. The number of esters is 1. The molecule has 0 aliphatic rings. The minimum absolute atomic E-state index is 0.176. The third-order valence-corrected chi connectivity index (χ3v) is 4.86. The third-order valence-electron chi connectivity index (χ3n) is 2.71. The van der Waals surface area contributed by atoms with E-state index in [9.17, 15) is 13.2 Å². The summed E-state index contributed by atoms with van der Waals surface area (Å²) in [4.78, 5) is 11.5. The predicted molar refractivity (Wildman–Crippen MR) is 79.0 cm³/mol. The van der Waals surface area contributed by atoms with E-state index in [0.29, 0.717) is 11.5 Å². The fourth-order valence-corrected chi connectivity index (χ4v) is 2.69. The van der Waals surface area contributed by atoms with Crippen molar-refractivity contribution in [3.8, 4) is 0 Å². The molecule has 0 heterocycles. The van der Waals surface area contributed by atoms with Crippen LogP contribution in [0.25, 0.3) is 6.08 Å². The van der Waals surface area contributed by atoms with E-state index in [-0.39, 0.29) is 12.4 Å². The second-order valence-electron chi connectivity index (χ2n) is 4.58. The number of benzene rings is 1. The lowest BCUT2D eigenvalue weighted by Gasteiger charge is -2.08. The van der Waals surface area contributed by atoms with Gasteiger partial charge in [-0.15, -0.1) is 0 Å². The van der Waals surface area contributed by atoms with Crippen molar-refractivity contribution in [2.24, 2.45) is 0 Å². The molecule has 0 amide bonds. The van der Waals surface area contributed by atoms with Crippen LogP contribution in [0, 0.1) is 0 Å². The first-order chi connectivity index (χ1) is 9.37. The van der Waals surface area contributed by atoms with Crippen molar-refractivity contribution in [2.45, 2.75) is 37.3 Å². The Labute approximate surface area is 120 Å². The molecule has 5 heteroatoms. The molecule has 0 N–H and O–H groups in total. The number of carbonyl (C=O) groups is 1. The first kappa shape index (κ1) is 16.4. The van der Waals surface area contributed by atoms with Gasteiger partial charge < -0.3 is 4.74 Å².